The molecule has 3 N–H and O–H groups in total. The molecule has 0 aliphatic carbocycles. The molecule has 0 saturated carbocycles. The Labute approximate surface area is 353 Å². The van der Waals surface area contributed by atoms with Crippen LogP contribution in [-0.2, 0) is 14.3 Å². The van der Waals surface area contributed by atoms with Crippen molar-refractivity contribution in [2.45, 2.75) is 257 Å². The summed E-state index contributed by atoms with van der Waals surface area (Å²) >= 11 is 0. The molecule has 1 amide bonds. The van der Waals surface area contributed by atoms with Crippen LogP contribution in [0.25, 0.3) is 0 Å². The first-order valence-corrected chi connectivity index (χ1v) is 24.4. The molecule has 0 heterocycles. The van der Waals surface area contributed by atoms with E-state index < -0.39 is 18.2 Å². The van der Waals surface area contributed by atoms with Crippen LogP contribution in [0.4, 0.5) is 0 Å². The number of allylic oxidation sites excluding steroid dienone is 8. The van der Waals surface area contributed by atoms with Gasteiger partial charge in [-0.1, -0.05) is 191 Å². The quantitative estimate of drug-likeness (QED) is 0.0324. The van der Waals surface area contributed by atoms with Crippen LogP contribution < -0.4 is 5.32 Å². The standard InChI is InChI=1S/C51H93NO5/c1-4-7-10-13-16-19-22-23-24-25-26-27-29-32-35-38-41-44-51(56)57-47(42-39-36-33-30-28-20-17-14-11-8-5-2)45-50(55)52-48(46-53)49(54)43-40-37-34-31-21-18-15-12-9-6-3/h16,19,23-24,26-27,30,33,47-49,53-54H,4-15,17-18,20-22,25,28-29,31-32,34-46H2,1-3H3,(H,52,55)/b19-16-,24-23-,27-26-,33-30-. The lowest BCUT2D eigenvalue weighted by atomic mass is 10.0. The highest BCUT2D eigenvalue weighted by Crippen LogP contribution is 2.16. The van der Waals surface area contributed by atoms with E-state index in [1.165, 1.54) is 109 Å². The minimum atomic E-state index is -0.796. The lowest BCUT2D eigenvalue weighted by Gasteiger charge is -2.24. The van der Waals surface area contributed by atoms with Crippen molar-refractivity contribution in [1.29, 1.82) is 0 Å². The van der Waals surface area contributed by atoms with Crippen LogP contribution in [0.5, 0.6) is 0 Å². The first-order chi connectivity index (χ1) is 28.0. The average molecular weight is 800 g/mol. The van der Waals surface area contributed by atoms with Crippen LogP contribution in [-0.4, -0.2) is 46.9 Å². The van der Waals surface area contributed by atoms with Crippen molar-refractivity contribution in [3.8, 4) is 0 Å². The Hall–Kier alpha value is -2.18. The number of carbonyl (C=O) groups is 2. The Bertz CT molecular complexity index is 988. The zero-order chi connectivity index (χ0) is 41.7. The highest BCUT2D eigenvalue weighted by Gasteiger charge is 2.24. The predicted molar refractivity (Wildman–Crippen MR) is 245 cm³/mol. The number of hydrogen-bond donors (Lipinski definition) is 3. The van der Waals surface area contributed by atoms with Gasteiger partial charge in [-0.25, -0.2) is 0 Å². The van der Waals surface area contributed by atoms with E-state index in [-0.39, 0.29) is 24.9 Å². The lowest BCUT2D eigenvalue weighted by Crippen LogP contribution is -2.46. The van der Waals surface area contributed by atoms with Crippen LogP contribution in [0.15, 0.2) is 48.6 Å². The predicted octanol–water partition coefficient (Wildman–Crippen LogP) is 14.3. The van der Waals surface area contributed by atoms with Crippen LogP contribution in [0.2, 0.25) is 0 Å². The molecule has 332 valence electrons. The topological polar surface area (TPSA) is 95.9 Å². The van der Waals surface area contributed by atoms with Gasteiger partial charge in [0, 0.05) is 6.42 Å². The maximum atomic E-state index is 13.1. The van der Waals surface area contributed by atoms with Crippen LogP contribution in [0, 0.1) is 0 Å². The van der Waals surface area contributed by atoms with Crippen molar-refractivity contribution in [2.75, 3.05) is 6.61 Å². The summed E-state index contributed by atoms with van der Waals surface area (Å²) in [5.41, 5.74) is 0. The van der Waals surface area contributed by atoms with Crippen molar-refractivity contribution < 1.29 is 24.5 Å². The van der Waals surface area contributed by atoms with E-state index in [4.69, 9.17) is 4.74 Å². The van der Waals surface area contributed by atoms with Gasteiger partial charge in [0.05, 0.1) is 25.2 Å². The summed E-state index contributed by atoms with van der Waals surface area (Å²) in [4.78, 5) is 26.0. The van der Waals surface area contributed by atoms with Gasteiger partial charge in [-0.2, -0.15) is 0 Å². The molecule has 0 fully saturated rings. The van der Waals surface area contributed by atoms with E-state index in [1.54, 1.807) is 0 Å². The third kappa shape index (κ3) is 40.4. The molecule has 0 aromatic rings. The number of hydrogen-bond acceptors (Lipinski definition) is 5. The molecule has 0 aliphatic heterocycles. The van der Waals surface area contributed by atoms with E-state index in [2.05, 4.69) is 74.7 Å². The molecule has 0 saturated heterocycles. The zero-order valence-corrected chi connectivity index (χ0v) is 37.7. The number of nitrogens with one attached hydrogen (secondary N) is 1. The van der Waals surface area contributed by atoms with Gasteiger partial charge in [0.25, 0.3) is 0 Å². The molecule has 0 spiro atoms. The summed E-state index contributed by atoms with van der Waals surface area (Å²) < 4.78 is 5.89. The summed E-state index contributed by atoms with van der Waals surface area (Å²) in [5.74, 6) is -0.528. The fourth-order valence-electron chi connectivity index (χ4n) is 7.14. The Morgan fingerprint density at radius 2 is 0.912 bits per heavy atom. The van der Waals surface area contributed by atoms with Crippen LogP contribution in [0.3, 0.4) is 0 Å². The van der Waals surface area contributed by atoms with Gasteiger partial charge in [-0.05, 0) is 83.5 Å². The third-order valence-corrected chi connectivity index (χ3v) is 10.9. The molecule has 0 aromatic heterocycles. The number of ether oxygens (including phenoxy) is 1. The van der Waals surface area contributed by atoms with Gasteiger partial charge in [0.15, 0.2) is 0 Å². The lowest BCUT2D eigenvalue weighted by molar-refractivity contribution is -0.151. The molecular formula is C51H93NO5. The molecule has 57 heavy (non-hydrogen) atoms. The monoisotopic (exact) mass is 800 g/mol. The fourth-order valence-corrected chi connectivity index (χ4v) is 7.14. The summed E-state index contributed by atoms with van der Waals surface area (Å²) in [6.07, 6.45) is 53.1. The zero-order valence-electron chi connectivity index (χ0n) is 37.7. The maximum absolute atomic E-state index is 13.1. The maximum Gasteiger partial charge on any atom is 0.306 e. The molecule has 6 nitrogen and oxygen atoms in total. The number of rotatable bonds is 43. The molecule has 3 unspecified atom stereocenters. The second-order valence-electron chi connectivity index (χ2n) is 16.5. The smallest absolute Gasteiger partial charge is 0.306 e. The molecule has 0 aliphatic rings. The van der Waals surface area contributed by atoms with Crippen molar-refractivity contribution >= 4 is 11.9 Å². The van der Waals surface area contributed by atoms with Crippen molar-refractivity contribution in [3.05, 3.63) is 48.6 Å². The fraction of sp³-hybridized carbons (Fsp3) is 0.804. The van der Waals surface area contributed by atoms with Gasteiger partial charge in [-0.15, -0.1) is 0 Å². The number of esters is 1. The van der Waals surface area contributed by atoms with E-state index in [9.17, 15) is 19.8 Å². The number of aliphatic hydroxyl groups excluding tert-OH is 2. The third-order valence-electron chi connectivity index (χ3n) is 10.9. The van der Waals surface area contributed by atoms with Gasteiger partial charge in [0.1, 0.15) is 6.10 Å². The molecule has 3 atom stereocenters. The van der Waals surface area contributed by atoms with Gasteiger partial charge in [-0.3, -0.25) is 9.59 Å². The van der Waals surface area contributed by atoms with E-state index in [0.29, 0.717) is 19.3 Å². The van der Waals surface area contributed by atoms with Crippen LogP contribution in [0.1, 0.15) is 239 Å². The minimum absolute atomic E-state index is 0.0476. The second-order valence-corrected chi connectivity index (χ2v) is 16.5. The Morgan fingerprint density at radius 3 is 1.44 bits per heavy atom. The van der Waals surface area contributed by atoms with Crippen LogP contribution >= 0.6 is 0 Å². The first kappa shape index (κ1) is 54.8. The normalized spacial score (nSPS) is 13.7. The molecular weight excluding hydrogens is 707 g/mol. The SMILES string of the molecule is CCCCC/C=C\C/C=C\C/C=C\CCCCCCC(=O)OC(CCC/C=C\CCCCCCCC)CC(=O)NC(CO)C(O)CCCCCCCCCCCC. The van der Waals surface area contributed by atoms with Gasteiger partial charge >= 0.3 is 5.97 Å². The minimum Gasteiger partial charge on any atom is -0.462 e. The molecule has 6 heteroatoms. The molecule has 0 aromatic carbocycles. The Kier molecular flexibility index (Phi) is 43.2. The average Bonchev–Trinajstić information content (AvgIpc) is 3.20. The van der Waals surface area contributed by atoms with Crippen molar-refractivity contribution in [1.82, 2.24) is 5.32 Å². The summed E-state index contributed by atoms with van der Waals surface area (Å²) in [7, 11) is 0. The van der Waals surface area contributed by atoms with E-state index >= 15 is 0 Å². The molecule has 0 radical (unpaired) electrons. The highest BCUT2D eigenvalue weighted by atomic mass is 16.5. The van der Waals surface area contributed by atoms with Crippen molar-refractivity contribution in [3.63, 3.8) is 0 Å². The Balaban J connectivity index is 4.61. The summed E-state index contributed by atoms with van der Waals surface area (Å²) in [5, 5.41) is 23.6. The largest absolute Gasteiger partial charge is 0.462 e. The highest BCUT2D eigenvalue weighted by molar-refractivity contribution is 5.77. The van der Waals surface area contributed by atoms with E-state index in [1.807, 2.05) is 0 Å². The number of carbonyl (C=O) groups excluding carboxylic acids is 2. The Morgan fingerprint density at radius 1 is 0.509 bits per heavy atom. The van der Waals surface area contributed by atoms with Crippen molar-refractivity contribution in [2.24, 2.45) is 0 Å². The van der Waals surface area contributed by atoms with Gasteiger partial charge < -0.3 is 20.3 Å². The molecule has 0 rings (SSSR count). The van der Waals surface area contributed by atoms with Gasteiger partial charge in [0.2, 0.25) is 5.91 Å². The number of aliphatic hydroxyl groups is 2. The number of unbranched alkanes of at least 4 members (excludes halogenated alkanes) is 23. The molecule has 0 bridgehead atoms. The second kappa shape index (κ2) is 44.9. The summed E-state index contributed by atoms with van der Waals surface area (Å²) in [6.45, 7) is 6.41. The van der Waals surface area contributed by atoms with E-state index in [0.717, 1.165) is 83.5 Å². The first-order valence-electron chi connectivity index (χ1n) is 24.4. The summed E-state index contributed by atoms with van der Waals surface area (Å²) in [6, 6.07) is -0.712. The number of amides is 1.